The minimum atomic E-state index is 0. The van der Waals surface area contributed by atoms with Crippen LogP contribution in [-0.4, -0.2) is 11.3 Å². The van der Waals surface area contributed by atoms with Crippen LogP contribution >= 0.6 is 7.92 Å². The third kappa shape index (κ3) is 3.90. The van der Waals surface area contributed by atoms with E-state index < -0.39 is 0 Å². The van der Waals surface area contributed by atoms with Crippen LogP contribution in [0.1, 0.15) is 64.2 Å². The predicted octanol–water partition coefficient (Wildman–Crippen LogP) is 5.18. The van der Waals surface area contributed by atoms with Crippen LogP contribution in [0.5, 0.6) is 0 Å². The van der Waals surface area contributed by atoms with Crippen LogP contribution in [0.2, 0.25) is 0 Å². The Balaban J connectivity index is 0.00000133. The summed E-state index contributed by atoms with van der Waals surface area (Å²) in [6.07, 6.45) is 15.1. The zero-order chi connectivity index (χ0) is 12.2. The topological polar surface area (TPSA) is 0 Å². The van der Waals surface area contributed by atoms with Gasteiger partial charge in [0.05, 0.1) is 0 Å². The molecule has 108 valence electrons. The molecule has 2 aliphatic rings. The van der Waals surface area contributed by atoms with Crippen molar-refractivity contribution in [2.24, 2.45) is 0 Å². The van der Waals surface area contributed by atoms with Gasteiger partial charge >= 0.3 is 0 Å². The zero-order valence-electron chi connectivity index (χ0n) is 11.8. The Morgan fingerprint density at radius 1 is 0.684 bits per heavy atom. The first-order valence-electron chi connectivity index (χ1n) is 7.95. The van der Waals surface area contributed by atoms with Crippen molar-refractivity contribution in [2.45, 2.75) is 75.5 Å². The first kappa shape index (κ1) is 15.7. The van der Waals surface area contributed by atoms with Crippen LogP contribution in [0.25, 0.3) is 0 Å². The van der Waals surface area contributed by atoms with Crippen LogP contribution in [0.4, 0.5) is 0 Å². The second-order valence-electron chi connectivity index (χ2n) is 6.13. The fourth-order valence-electron chi connectivity index (χ4n) is 3.97. The standard InChI is InChI=1S/C17H26P.Fe/c1-3-9-15(10-4-1)18(17-13-7-8-14-17)16-11-5-2-6-12-16;/h7-8,13-16H,1-6,9-12H2;/q-1;. The van der Waals surface area contributed by atoms with Crippen molar-refractivity contribution in [1.29, 1.82) is 0 Å². The van der Waals surface area contributed by atoms with E-state index in [1.807, 2.05) is 0 Å². The average Bonchev–Trinajstić information content (AvgIpc) is 2.95. The summed E-state index contributed by atoms with van der Waals surface area (Å²) in [5.74, 6) is 0. The minimum absolute atomic E-state index is 0. The maximum absolute atomic E-state index is 2.43. The minimum Gasteiger partial charge on any atom is -0.213 e. The van der Waals surface area contributed by atoms with Crippen molar-refractivity contribution in [3.63, 3.8) is 0 Å². The SMILES string of the molecule is [Fe].c1cc[c-](P(C2CCCCC2)C2CCCCC2)c1. The Labute approximate surface area is 130 Å². The smallest absolute Gasteiger partial charge is 0 e. The molecule has 0 nitrogen and oxygen atoms in total. The molecule has 0 heterocycles. The molecule has 0 amide bonds. The molecule has 0 aromatic heterocycles. The fraction of sp³-hybridized carbons (Fsp3) is 0.706. The van der Waals surface area contributed by atoms with Crippen LogP contribution in [0.15, 0.2) is 24.3 Å². The Bertz CT molecular complexity index is 316. The summed E-state index contributed by atoms with van der Waals surface area (Å²) in [7, 11) is 0.145. The summed E-state index contributed by atoms with van der Waals surface area (Å²) >= 11 is 0. The summed E-state index contributed by atoms with van der Waals surface area (Å²) < 4.78 is 0. The molecule has 0 atom stereocenters. The predicted molar refractivity (Wildman–Crippen MR) is 82.3 cm³/mol. The molecule has 0 saturated heterocycles. The van der Waals surface area contributed by atoms with Crippen LogP contribution in [0, 0.1) is 0 Å². The van der Waals surface area contributed by atoms with Gasteiger partial charge in [-0.15, -0.1) is 13.2 Å². The van der Waals surface area contributed by atoms with Gasteiger partial charge < -0.3 is 0 Å². The zero-order valence-corrected chi connectivity index (χ0v) is 13.8. The van der Waals surface area contributed by atoms with Crippen molar-refractivity contribution in [1.82, 2.24) is 0 Å². The Kier molecular flexibility index (Phi) is 6.54. The number of hydrogen-bond donors (Lipinski definition) is 0. The molecule has 19 heavy (non-hydrogen) atoms. The van der Waals surface area contributed by atoms with Gasteiger partial charge in [-0.1, -0.05) is 38.5 Å². The van der Waals surface area contributed by atoms with E-state index in [9.17, 15) is 0 Å². The second kappa shape index (κ2) is 7.92. The third-order valence-corrected chi connectivity index (χ3v) is 8.38. The van der Waals surface area contributed by atoms with Gasteiger partial charge in [0.1, 0.15) is 0 Å². The molecule has 2 fully saturated rings. The van der Waals surface area contributed by atoms with Gasteiger partial charge in [0.2, 0.25) is 0 Å². The van der Waals surface area contributed by atoms with Crippen LogP contribution in [0.3, 0.4) is 0 Å². The maximum atomic E-state index is 2.43. The van der Waals surface area contributed by atoms with Gasteiger partial charge in [0, 0.05) is 17.1 Å². The van der Waals surface area contributed by atoms with E-state index in [0.29, 0.717) is 0 Å². The van der Waals surface area contributed by atoms with Crippen molar-refractivity contribution in [3.8, 4) is 0 Å². The Morgan fingerprint density at radius 2 is 1.11 bits per heavy atom. The van der Waals surface area contributed by atoms with Gasteiger partial charge in [0.25, 0.3) is 0 Å². The normalized spacial score (nSPS) is 22.4. The second-order valence-corrected chi connectivity index (χ2v) is 8.93. The van der Waals surface area contributed by atoms with E-state index in [-0.39, 0.29) is 25.0 Å². The summed E-state index contributed by atoms with van der Waals surface area (Å²) in [4.78, 5) is 0. The molecule has 0 radical (unpaired) electrons. The quantitative estimate of drug-likeness (QED) is 0.409. The molecule has 1 aromatic carbocycles. The van der Waals surface area contributed by atoms with Crippen molar-refractivity contribution >= 4 is 13.2 Å². The van der Waals surface area contributed by atoms with Crippen molar-refractivity contribution in [3.05, 3.63) is 24.3 Å². The Morgan fingerprint density at radius 3 is 1.53 bits per heavy atom. The number of rotatable bonds is 3. The van der Waals surface area contributed by atoms with Crippen molar-refractivity contribution < 1.29 is 17.1 Å². The van der Waals surface area contributed by atoms with Crippen LogP contribution in [-0.2, 0) is 17.1 Å². The average molecular weight is 317 g/mol. The molecule has 1 aromatic rings. The monoisotopic (exact) mass is 317 g/mol. The fourth-order valence-corrected chi connectivity index (χ4v) is 7.77. The van der Waals surface area contributed by atoms with E-state index in [2.05, 4.69) is 24.3 Å². The van der Waals surface area contributed by atoms with Crippen molar-refractivity contribution in [2.75, 3.05) is 0 Å². The molecule has 3 rings (SSSR count). The van der Waals surface area contributed by atoms with E-state index in [0.717, 1.165) is 11.3 Å². The summed E-state index contributed by atoms with van der Waals surface area (Å²) in [6, 6.07) is 9.37. The largest absolute Gasteiger partial charge is 0.213 e. The third-order valence-electron chi connectivity index (χ3n) is 4.88. The van der Waals surface area contributed by atoms with Gasteiger partial charge in [0.15, 0.2) is 0 Å². The van der Waals surface area contributed by atoms with E-state index in [1.165, 1.54) is 64.2 Å². The molecular weight excluding hydrogens is 291 g/mol. The molecule has 0 bridgehead atoms. The van der Waals surface area contributed by atoms with Gasteiger partial charge in [-0.2, -0.15) is 12.1 Å². The molecule has 0 unspecified atom stereocenters. The molecule has 2 heteroatoms. The summed E-state index contributed by atoms with van der Waals surface area (Å²) in [5.41, 5.74) is 2.11. The van der Waals surface area contributed by atoms with Gasteiger partial charge in [-0.3, -0.25) is 0 Å². The molecule has 0 N–H and O–H groups in total. The molecule has 2 saturated carbocycles. The molecule has 0 aliphatic heterocycles. The summed E-state index contributed by atoms with van der Waals surface area (Å²) in [6.45, 7) is 0. The Hall–Kier alpha value is 0.299. The van der Waals surface area contributed by atoms with Crippen LogP contribution < -0.4 is 5.30 Å². The first-order valence-corrected chi connectivity index (χ1v) is 9.43. The maximum Gasteiger partial charge on any atom is 0 e. The van der Waals surface area contributed by atoms with E-state index >= 15 is 0 Å². The van der Waals surface area contributed by atoms with Gasteiger partial charge in [-0.05, 0) is 37.0 Å². The summed E-state index contributed by atoms with van der Waals surface area (Å²) in [5, 5.41) is 1.73. The molecule has 2 aliphatic carbocycles. The van der Waals surface area contributed by atoms with E-state index in [4.69, 9.17) is 0 Å². The first-order chi connectivity index (χ1) is 8.95. The molecule has 0 spiro atoms. The number of hydrogen-bond acceptors (Lipinski definition) is 0. The molecular formula is C17H26FeP-. The van der Waals surface area contributed by atoms with Gasteiger partial charge in [-0.25, -0.2) is 12.1 Å². The van der Waals surface area contributed by atoms with E-state index in [1.54, 1.807) is 5.30 Å².